The molecule has 0 saturated carbocycles. The number of anilines is 1. The molecule has 0 aromatic carbocycles. The van der Waals surface area contributed by atoms with Gasteiger partial charge in [-0.1, -0.05) is 26.2 Å². The maximum atomic E-state index is 3.93. The number of nitrogens with one attached hydrogen (secondary N) is 1. The van der Waals surface area contributed by atoms with E-state index in [1.165, 1.54) is 25.7 Å². The van der Waals surface area contributed by atoms with Crippen LogP contribution in [0.3, 0.4) is 0 Å². The Morgan fingerprint density at radius 3 is 2.62 bits per heavy atom. The van der Waals surface area contributed by atoms with Crippen molar-refractivity contribution in [2.24, 2.45) is 0 Å². The SMILES string of the molecule is CCCCCCNc1cncnc1. The van der Waals surface area contributed by atoms with E-state index >= 15 is 0 Å². The third-order valence-corrected chi connectivity index (χ3v) is 1.92. The van der Waals surface area contributed by atoms with Crippen molar-refractivity contribution in [2.75, 3.05) is 11.9 Å². The van der Waals surface area contributed by atoms with Gasteiger partial charge in [0.15, 0.2) is 0 Å². The largest absolute Gasteiger partial charge is 0.383 e. The molecule has 0 bridgehead atoms. The van der Waals surface area contributed by atoms with E-state index < -0.39 is 0 Å². The lowest BCUT2D eigenvalue weighted by molar-refractivity contribution is 0.685. The van der Waals surface area contributed by atoms with Crippen LogP contribution in [0, 0.1) is 0 Å². The van der Waals surface area contributed by atoms with Crippen LogP contribution >= 0.6 is 0 Å². The minimum Gasteiger partial charge on any atom is -0.383 e. The van der Waals surface area contributed by atoms with Gasteiger partial charge in [0, 0.05) is 6.54 Å². The molecule has 0 saturated heterocycles. The molecule has 1 N–H and O–H groups in total. The fraction of sp³-hybridized carbons (Fsp3) is 0.600. The monoisotopic (exact) mass is 179 g/mol. The number of aromatic nitrogens is 2. The number of nitrogens with zero attached hydrogens (tertiary/aromatic N) is 2. The van der Waals surface area contributed by atoms with Crippen LogP contribution in [0.5, 0.6) is 0 Å². The first-order valence-electron chi connectivity index (χ1n) is 4.92. The van der Waals surface area contributed by atoms with Crippen molar-refractivity contribution in [2.45, 2.75) is 32.6 Å². The highest BCUT2D eigenvalue weighted by atomic mass is 14.9. The van der Waals surface area contributed by atoms with E-state index in [2.05, 4.69) is 22.2 Å². The molecule has 1 aromatic rings. The minimum atomic E-state index is 1.01. The molecule has 1 rings (SSSR count). The third kappa shape index (κ3) is 4.45. The molecule has 0 spiro atoms. The van der Waals surface area contributed by atoms with Crippen molar-refractivity contribution in [3.63, 3.8) is 0 Å². The van der Waals surface area contributed by atoms with Crippen LogP contribution in [-0.2, 0) is 0 Å². The van der Waals surface area contributed by atoms with Crippen LogP contribution in [0.4, 0.5) is 5.69 Å². The molecule has 0 aliphatic rings. The van der Waals surface area contributed by atoms with Crippen LogP contribution in [-0.4, -0.2) is 16.5 Å². The first-order valence-corrected chi connectivity index (χ1v) is 4.92. The lowest BCUT2D eigenvalue weighted by atomic mass is 10.2. The normalized spacial score (nSPS) is 9.92. The van der Waals surface area contributed by atoms with Crippen molar-refractivity contribution in [1.29, 1.82) is 0 Å². The number of hydrogen-bond donors (Lipinski definition) is 1. The Labute approximate surface area is 79.6 Å². The predicted octanol–water partition coefficient (Wildman–Crippen LogP) is 2.47. The predicted molar refractivity (Wildman–Crippen MR) is 54.7 cm³/mol. The van der Waals surface area contributed by atoms with Crippen LogP contribution in [0.2, 0.25) is 0 Å². The molecule has 0 amide bonds. The molecular formula is C10H17N3. The van der Waals surface area contributed by atoms with E-state index in [1.54, 1.807) is 18.7 Å². The van der Waals surface area contributed by atoms with E-state index in [-0.39, 0.29) is 0 Å². The van der Waals surface area contributed by atoms with Gasteiger partial charge in [-0.3, -0.25) is 0 Å². The fourth-order valence-electron chi connectivity index (χ4n) is 1.17. The summed E-state index contributed by atoms with van der Waals surface area (Å²) in [6.07, 6.45) is 10.3. The standard InChI is InChI=1S/C10H17N3/c1-2-3-4-5-6-13-10-7-11-9-12-8-10/h7-9,13H,2-6H2,1H3. The highest BCUT2D eigenvalue weighted by Crippen LogP contribution is 2.02. The second-order valence-electron chi connectivity index (χ2n) is 3.11. The zero-order chi connectivity index (χ0) is 9.36. The minimum absolute atomic E-state index is 1.01. The van der Waals surface area contributed by atoms with Crippen molar-refractivity contribution < 1.29 is 0 Å². The van der Waals surface area contributed by atoms with E-state index in [0.717, 1.165) is 12.2 Å². The van der Waals surface area contributed by atoms with Crippen molar-refractivity contribution in [3.8, 4) is 0 Å². The Balaban J connectivity index is 2.07. The average molecular weight is 179 g/mol. The molecule has 72 valence electrons. The summed E-state index contributed by atoms with van der Waals surface area (Å²) in [5, 5.41) is 3.28. The molecule has 0 aliphatic carbocycles. The summed E-state index contributed by atoms with van der Waals surface area (Å²) in [5.41, 5.74) is 1.01. The van der Waals surface area contributed by atoms with Crippen molar-refractivity contribution in [3.05, 3.63) is 18.7 Å². The molecular weight excluding hydrogens is 162 g/mol. The highest BCUT2D eigenvalue weighted by molar-refractivity contribution is 5.36. The maximum Gasteiger partial charge on any atom is 0.115 e. The van der Waals surface area contributed by atoms with Gasteiger partial charge in [0.25, 0.3) is 0 Å². The van der Waals surface area contributed by atoms with E-state index in [4.69, 9.17) is 0 Å². The molecule has 0 atom stereocenters. The molecule has 1 aromatic heterocycles. The van der Waals surface area contributed by atoms with Crippen LogP contribution < -0.4 is 5.32 Å². The van der Waals surface area contributed by atoms with Gasteiger partial charge in [-0.2, -0.15) is 0 Å². The Kier molecular flexibility index (Phi) is 4.91. The third-order valence-electron chi connectivity index (χ3n) is 1.92. The first-order chi connectivity index (χ1) is 6.43. The number of rotatable bonds is 6. The zero-order valence-electron chi connectivity index (χ0n) is 8.16. The molecule has 0 fully saturated rings. The summed E-state index contributed by atoms with van der Waals surface area (Å²) in [5.74, 6) is 0. The lowest BCUT2D eigenvalue weighted by Gasteiger charge is -2.03. The summed E-state index contributed by atoms with van der Waals surface area (Å²) >= 11 is 0. The molecule has 1 heterocycles. The van der Waals surface area contributed by atoms with Gasteiger partial charge in [-0.25, -0.2) is 9.97 Å². The van der Waals surface area contributed by atoms with Crippen LogP contribution in [0.15, 0.2) is 18.7 Å². The van der Waals surface area contributed by atoms with E-state index in [1.807, 2.05) is 0 Å². The van der Waals surface area contributed by atoms with Gasteiger partial charge in [-0.05, 0) is 6.42 Å². The topological polar surface area (TPSA) is 37.8 Å². The second kappa shape index (κ2) is 6.40. The van der Waals surface area contributed by atoms with Gasteiger partial charge in [-0.15, -0.1) is 0 Å². The van der Waals surface area contributed by atoms with Gasteiger partial charge >= 0.3 is 0 Å². The zero-order valence-corrected chi connectivity index (χ0v) is 8.16. The van der Waals surface area contributed by atoms with Gasteiger partial charge < -0.3 is 5.32 Å². The summed E-state index contributed by atoms with van der Waals surface area (Å²) in [6.45, 7) is 3.24. The number of unbranched alkanes of at least 4 members (excludes halogenated alkanes) is 3. The molecule has 0 aliphatic heterocycles. The smallest absolute Gasteiger partial charge is 0.115 e. The van der Waals surface area contributed by atoms with Crippen molar-refractivity contribution >= 4 is 5.69 Å². The molecule has 13 heavy (non-hydrogen) atoms. The van der Waals surface area contributed by atoms with E-state index in [9.17, 15) is 0 Å². The van der Waals surface area contributed by atoms with Gasteiger partial charge in [0.2, 0.25) is 0 Å². The summed E-state index contributed by atoms with van der Waals surface area (Å²) < 4.78 is 0. The summed E-state index contributed by atoms with van der Waals surface area (Å²) in [7, 11) is 0. The number of hydrogen-bond acceptors (Lipinski definition) is 3. The molecule has 0 unspecified atom stereocenters. The van der Waals surface area contributed by atoms with Gasteiger partial charge in [0.1, 0.15) is 6.33 Å². The average Bonchev–Trinajstić information content (AvgIpc) is 2.19. The van der Waals surface area contributed by atoms with Crippen LogP contribution in [0.1, 0.15) is 32.6 Å². The van der Waals surface area contributed by atoms with Crippen molar-refractivity contribution in [1.82, 2.24) is 9.97 Å². The van der Waals surface area contributed by atoms with E-state index in [0.29, 0.717) is 0 Å². The highest BCUT2D eigenvalue weighted by Gasteiger charge is 1.90. The Bertz CT molecular complexity index is 211. The fourth-order valence-corrected chi connectivity index (χ4v) is 1.17. The Hall–Kier alpha value is -1.12. The molecule has 3 heteroatoms. The maximum absolute atomic E-state index is 3.93. The van der Waals surface area contributed by atoms with Crippen LogP contribution in [0.25, 0.3) is 0 Å². The molecule has 3 nitrogen and oxygen atoms in total. The summed E-state index contributed by atoms with van der Waals surface area (Å²) in [4.78, 5) is 7.85. The van der Waals surface area contributed by atoms with Gasteiger partial charge in [0.05, 0.1) is 18.1 Å². The quantitative estimate of drug-likeness (QED) is 0.682. The molecule has 0 radical (unpaired) electrons. The lowest BCUT2D eigenvalue weighted by Crippen LogP contribution is -2.01. The Morgan fingerprint density at radius 2 is 1.92 bits per heavy atom. The Morgan fingerprint density at radius 1 is 1.15 bits per heavy atom. The second-order valence-corrected chi connectivity index (χ2v) is 3.11. The first kappa shape index (κ1) is 9.96. The summed E-state index contributed by atoms with van der Waals surface area (Å²) in [6, 6.07) is 0.